The van der Waals surface area contributed by atoms with E-state index in [2.05, 4.69) is 22.4 Å². The third-order valence-electron chi connectivity index (χ3n) is 2.08. The van der Waals surface area contributed by atoms with Crippen molar-refractivity contribution in [1.29, 1.82) is 0 Å². The topological polar surface area (TPSA) is 49.7 Å². The summed E-state index contributed by atoms with van der Waals surface area (Å²) in [5, 5.41) is 11.4. The number of carboxylic acid groups (broad SMARTS) is 1. The summed E-state index contributed by atoms with van der Waals surface area (Å²) in [6, 6.07) is 8.87. The lowest BCUT2D eigenvalue weighted by molar-refractivity contribution is -0.130. The number of aliphatic carboxylic acids is 1. The van der Waals surface area contributed by atoms with Crippen molar-refractivity contribution < 1.29 is 9.90 Å². The van der Waals surface area contributed by atoms with Crippen LogP contribution < -0.4 is 0 Å². The van der Waals surface area contributed by atoms with E-state index in [9.17, 15) is 9.90 Å². The van der Waals surface area contributed by atoms with Gasteiger partial charge in [-0.15, -0.1) is 0 Å². The van der Waals surface area contributed by atoms with Gasteiger partial charge in [0.1, 0.15) is 0 Å². The molecule has 0 aliphatic heterocycles. The number of aliphatic imine (C=N–C) groups is 1. The summed E-state index contributed by atoms with van der Waals surface area (Å²) in [4.78, 5) is 15.0. The molecule has 1 aromatic rings. The number of rotatable bonds is 4. The van der Waals surface area contributed by atoms with Crippen molar-refractivity contribution in [3.63, 3.8) is 0 Å². The van der Waals surface area contributed by atoms with Gasteiger partial charge in [-0.1, -0.05) is 37.3 Å². The minimum absolute atomic E-state index is 0.181. The average Bonchev–Trinajstić information content (AvgIpc) is 2.29. The third-order valence-corrected chi connectivity index (χ3v) is 2.17. The van der Waals surface area contributed by atoms with E-state index in [-0.39, 0.29) is 5.57 Å². The Bertz CT molecular complexity index is 459. The Kier molecular flexibility index (Phi) is 4.58. The fourth-order valence-corrected chi connectivity index (χ4v) is 1.50. The van der Waals surface area contributed by atoms with Crippen LogP contribution in [-0.4, -0.2) is 16.2 Å². The monoisotopic (exact) mass is 233 g/mol. The minimum atomic E-state index is -1.00. The zero-order valence-corrected chi connectivity index (χ0v) is 9.62. The standard InChI is InChI=1S/C12H11NO2S/c1-2-10(13-8-16)11(12(14)15)9-6-4-3-5-7-9/h3-7H,2H2,1H3,(H,14,15). The first-order valence-electron chi connectivity index (χ1n) is 4.80. The Balaban J connectivity index is 3.39. The Hall–Kier alpha value is -1.77. The second kappa shape index (κ2) is 5.95. The molecule has 0 aliphatic carbocycles. The lowest BCUT2D eigenvalue weighted by Crippen LogP contribution is -2.02. The Morgan fingerprint density at radius 2 is 2.06 bits per heavy atom. The normalized spacial score (nSPS) is 11.3. The number of thiocarbonyl (C=S) groups is 1. The number of hydrogen-bond donors (Lipinski definition) is 1. The molecule has 0 atom stereocenters. The molecule has 1 aromatic carbocycles. The molecule has 1 N–H and O–H groups in total. The number of benzene rings is 1. The Morgan fingerprint density at radius 3 is 2.50 bits per heavy atom. The number of carboxylic acids is 1. The molecular formula is C12H11NO2S. The highest BCUT2D eigenvalue weighted by Gasteiger charge is 2.14. The molecule has 0 spiro atoms. The van der Waals surface area contributed by atoms with E-state index in [0.717, 1.165) is 0 Å². The van der Waals surface area contributed by atoms with Gasteiger partial charge >= 0.3 is 5.97 Å². The molecule has 0 radical (unpaired) electrons. The quantitative estimate of drug-likeness (QED) is 0.494. The van der Waals surface area contributed by atoms with Crippen LogP contribution in [0.4, 0.5) is 0 Å². The van der Waals surface area contributed by atoms with Gasteiger partial charge in [-0.25, -0.2) is 4.79 Å². The second-order valence-corrected chi connectivity index (χ2v) is 3.23. The third kappa shape index (κ3) is 2.86. The van der Waals surface area contributed by atoms with Crippen molar-refractivity contribution in [1.82, 2.24) is 0 Å². The Labute approximate surface area is 99.1 Å². The van der Waals surface area contributed by atoms with Gasteiger partial charge in [0.15, 0.2) is 0 Å². The predicted molar refractivity (Wildman–Crippen MR) is 66.3 cm³/mol. The van der Waals surface area contributed by atoms with E-state index in [1.54, 1.807) is 24.3 Å². The molecule has 0 unspecified atom stereocenters. The smallest absolute Gasteiger partial charge is 0.338 e. The minimum Gasteiger partial charge on any atom is -0.478 e. The fourth-order valence-electron chi connectivity index (χ4n) is 1.39. The number of isothiocyanates is 1. The maximum absolute atomic E-state index is 11.2. The van der Waals surface area contributed by atoms with Gasteiger partial charge in [0.2, 0.25) is 0 Å². The number of allylic oxidation sites excluding steroid dienone is 1. The van der Waals surface area contributed by atoms with Crippen molar-refractivity contribution in [2.45, 2.75) is 13.3 Å². The van der Waals surface area contributed by atoms with Gasteiger partial charge in [-0.05, 0) is 24.2 Å². The molecule has 3 nitrogen and oxygen atoms in total. The van der Waals surface area contributed by atoms with Crippen LogP contribution in [0.2, 0.25) is 0 Å². The number of hydrogen-bond acceptors (Lipinski definition) is 3. The van der Waals surface area contributed by atoms with Crippen molar-refractivity contribution >= 4 is 28.9 Å². The molecule has 0 aliphatic rings. The molecule has 0 fully saturated rings. The van der Waals surface area contributed by atoms with Crippen molar-refractivity contribution in [2.75, 3.05) is 0 Å². The number of nitrogens with zero attached hydrogens (tertiary/aromatic N) is 1. The highest BCUT2D eigenvalue weighted by molar-refractivity contribution is 7.78. The molecule has 4 heteroatoms. The Morgan fingerprint density at radius 1 is 1.44 bits per heavy atom. The average molecular weight is 233 g/mol. The summed E-state index contributed by atoms with van der Waals surface area (Å²) in [5.41, 5.74) is 1.25. The van der Waals surface area contributed by atoms with Gasteiger partial charge in [-0.3, -0.25) is 0 Å². The van der Waals surface area contributed by atoms with Crippen LogP contribution in [0.1, 0.15) is 18.9 Å². The summed E-state index contributed by atoms with van der Waals surface area (Å²) >= 11 is 4.51. The maximum atomic E-state index is 11.2. The first-order chi connectivity index (χ1) is 7.70. The molecule has 16 heavy (non-hydrogen) atoms. The molecule has 0 aromatic heterocycles. The summed E-state index contributed by atoms with van der Waals surface area (Å²) in [5.74, 6) is -1.00. The zero-order chi connectivity index (χ0) is 12.0. The molecular weight excluding hydrogens is 222 g/mol. The summed E-state index contributed by atoms with van der Waals surface area (Å²) in [6.45, 7) is 1.83. The summed E-state index contributed by atoms with van der Waals surface area (Å²) in [6.07, 6.45) is 0.500. The van der Waals surface area contributed by atoms with E-state index in [1.807, 2.05) is 13.0 Å². The van der Waals surface area contributed by atoms with Gasteiger partial charge in [0, 0.05) is 0 Å². The van der Waals surface area contributed by atoms with Gasteiger partial charge in [0.25, 0.3) is 0 Å². The first-order valence-corrected chi connectivity index (χ1v) is 5.21. The molecule has 0 saturated carbocycles. The van der Waals surface area contributed by atoms with Gasteiger partial charge in [-0.2, -0.15) is 4.99 Å². The maximum Gasteiger partial charge on any atom is 0.338 e. The van der Waals surface area contributed by atoms with Crippen LogP contribution in [0.3, 0.4) is 0 Å². The van der Waals surface area contributed by atoms with E-state index in [4.69, 9.17) is 0 Å². The highest BCUT2D eigenvalue weighted by atomic mass is 32.1. The largest absolute Gasteiger partial charge is 0.478 e. The van der Waals surface area contributed by atoms with E-state index in [1.165, 1.54) is 0 Å². The predicted octanol–water partition coefficient (Wildman–Crippen LogP) is 3.00. The van der Waals surface area contributed by atoms with Crippen LogP contribution in [0.15, 0.2) is 41.0 Å². The molecule has 0 bridgehead atoms. The molecule has 0 amide bonds. The lowest BCUT2D eigenvalue weighted by atomic mass is 10.0. The SMILES string of the molecule is CCC(N=C=S)=C(C(=O)O)c1ccccc1. The van der Waals surface area contributed by atoms with Gasteiger partial charge < -0.3 is 5.11 Å². The fraction of sp³-hybridized carbons (Fsp3) is 0.167. The van der Waals surface area contributed by atoms with Crippen LogP contribution in [0.5, 0.6) is 0 Å². The zero-order valence-electron chi connectivity index (χ0n) is 8.80. The van der Waals surface area contributed by atoms with Crippen molar-refractivity contribution in [3.8, 4) is 0 Å². The van der Waals surface area contributed by atoms with Crippen LogP contribution >= 0.6 is 12.2 Å². The van der Waals surface area contributed by atoms with E-state index in [0.29, 0.717) is 17.7 Å². The number of carbonyl (C=O) groups is 1. The van der Waals surface area contributed by atoms with Gasteiger partial charge in [0.05, 0.1) is 16.4 Å². The summed E-state index contributed by atoms with van der Waals surface area (Å²) < 4.78 is 0. The second-order valence-electron chi connectivity index (χ2n) is 3.05. The highest BCUT2D eigenvalue weighted by Crippen LogP contribution is 2.21. The van der Waals surface area contributed by atoms with E-state index < -0.39 is 5.97 Å². The van der Waals surface area contributed by atoms with Crippen molar-refractivity contribution in [3.05, 3.63) is 41.6 Å². The first kappa shape index (κ1) is 12.3. The lowest BCUT2D eigenvalue weighted by Gasteiger charge is -2.05. The van der Waals surface area contributed by atoms with E-state index >= 15 is 0 Å². The molecule has 0 saturated heterocycles. The summed E-state index contributed by atoms with van der Waals surface area (Å²) in [7, 11) is 0. The molecule has 0 heterocycles. The van der Waals surface area contributed by atoms with Crippen LogP contribution in [0.25, 0.3) is 5.57 Å². The van der Waals surface area contributed by atoms with Crippen LogP contribution in [0, 0.1) is 0 Å². The van der Waals surface area contributed by atoms with Crippen LogP contribution in [-0.2, 0) is 4.79 Å². The molecule has 82 valence electrons. The van der Waals surface area contributed by atoms with Crippen molar-refractivity contribution in [2.24, 2.45) is 4.99 Å². The molecule has 1 rings (SSSR count).